The van der Waals surface area contributed by atoms with Crippen LogP contribution in [0.25, 0.3) is 0 Å². The van der Waals surface area contributed by atoms with Crippen LogP contribution in [0.5, 0.6) is 17.2 Å². The van der Waals surface area contributed by atoms with Crippen molar-refractivity contribution >= 4 is 18.3 Å². The van der Waals surface area contributed by atoms with Gasteiger partial charge in [0.05, 0.1) is 6.61 Å². The second-order valence-electron chi connectivity index (χ2n) is 7.62. The summed E-state index contributed by atoms with van der Waals surface area (Å²) in [7, 11) is 0. The number of aliphatic carboxylic acids is 1. The number of carbonyl (C=O) groups excluding carboxylic acids is 1. The van der Waals surface area contributed by atoms with E-state index in [0.717, 1.165) is 17.0 Å². The van der Waals surface area contributed by atoms with Crippen LogP contribution in [0.1, 0.15) is 30.9 Å². The average Bonchev–Trinajstić information content (AvgIpc) is 3.18. The van der Waals surface area contributed by atoms with Crippen LogP contribution in [0.4, 0.5) is 4.79 Å². The van der Waals surface area contributed by atoms with Gasteiger partial charge >= 0.3 is 12.1 Å². The van der Waals surface area contributed by atoms with Crippen molar-refractivity contribution in [3.8, 4) is 17.2 Å². The van der Waals surface area contributed by atoms with Crippen molar-refractivity contribution in [3.63, 3.8) is 0 Å². The highest BCUT2D eigenvalue weighted by molar-refractivity contribution is 5.76. The zero-order chi connectivity index (χ0) is 23.8. The molecular weight excluding hydrogens is 428 g/mol. The summed E-state index contributed by atoms with van der Waals surface area (Å²) in [6.07, 6.45) is 2.62. The summed E-state index contributed by atoms with van der Waals surface area (Å²) in [5.74, 6) is -1.20. The minimum atomic E-state index is -1.18. The summed E-state index contributed by atoms with van der Waals surface area (Å²) in [4.78, 5) is 29.2. The number of aromatic hydroxyl groups is 2. The molecule has 3 rings (SSSR count). The number of aliphatic imine (C=N–C) groups is 1. The molecule has 1 aliphatic rings. The van der Waals surface area contributed by atoms with Gasteiger partial charge in [-0.1, -0.05) is 18.2 Å². The fourth-order valence-electron chi connectivity index (χ4n) is 3.26. The van der Waals surface area contributed by atoms with E-state index in [1.165, 1.54) is 23.8 Å². The molecule has 0 unspecified atom stereocenters. The SMILES string of the molecule is CC1=C(CCOc2cccc(CN(CC(=O)O)C(=O)OCc3ccc(O)c(O)c3)c2)N=CC1. The summed E-state index contributed by atoms with van der Waals surface area (Å²) in [6, 6.07) is 11.1. The summed E-state index contributed by atoms with van der Waals surface area (Å²) in [6.45, 7) is 1.77. The molecule has 0 fully saturated rings. The minimum Gasteiger partial charge on any atom is -0.504 e. The molecule has 3 N–H and O–H groups in total. The number of phenols is 2. The van der Waals surface area contributed by atoms with E-state index in [1.807, 2.05) is 13.1 Å². The molecule has 1 amide bonds. The van der Waals surface area contributed by atoms with Gasteiger partial charge in [-0.15, -0.1) is 0 Å². The Kier molecular flexibility index (Phi) is 7.91. The number of carboxylic acids is 1. The van der Waals surface area contributed by atoms with Crippen LogP contribution in [0.3, 0.4) is 0 Å². The lowest BCUT2D eigenvalue weighted by Crippen LogP contribution is -2.35. The van der Waals surface area contributed by atoms with Crippen LogP contribution in [-0.2, 0) is 22.7 Å². The standard InChI is InChI=1S/C24H26N2O7/c1-16-7-9-25-20(16)8-10-32-19-4-2-3-17(11-19)13-26(14-23(29)30)24(31)33-15-18-5-6-21(27)22(28)12-18/h2-6,9,11-12,27-28H,7-8,10,13-15H2,1H3,(H,29,30). The zero-order valence-corrected chi connectivity index (χ0v) is 18.2. The third-order valence-electron chi connectivity index (χ3n) is 5.00. The van der Waals surface area contributed by atoms with Crippen LogP contribution in [0.2, 0.25) is 0 Å². The number of hydrogen-bond acceptors (Lipinski definition) is 7. The van der Waals surface area contributed by atoms with E-state index in [4.69, 9.17) is 9.47 Å². The van der Waals surface area contributed by atoms with E-state index in [2.05, 4.69) is 4.99 Å². The van der Waals surface area contributed by atoms with Gasteiger partial charge in [-0.3, -0.25) is 14.7 Å². The van der Waals surface area contributed by atoms with Crippen molar-refractivity contribution in [3.05, 3.63) is 64.9 Å². The first-order valence-corrected chi connectivity index (χ1v) is 10.4. The lowest BCUT2D eigenvalue weighted by molar-refractivity contribution is -0.138. The van der Waals surface area contributed by atoms with Crippen molar-refractivity contribution in [1.29, 1.82) is 0 Å². The molecule has 1 heterocycles. The summed E-state index contributed by atoms with van der Waals surface area (Å²) in [5, 5.41) is 28.1. The largest absolute Gasteiger partial charge is 0.504 e. The Labute approximate surface area is 191 Å². The van der Waals surface area contributed by atoms with E-state index >= 15 is 0 Å². The Hall–Kier alpha value is -4.01. The van der Waals surface area contributed by atoms with Gasteiger partial charge in [-0.25, -0.2) is 4.79 Å². The molecule has 0 radical (unpaired) electrons. The first-order chi connectivity index (χ1) is 15.8. The molecule has 174 valence electrons. The van der Waals surface area contributed by atoms with Crippen molar-refractivity contribution < 1.29 is 34.4 Å². The number of carbonyl (C=O) groups is 2. The predicted octanol–water partition coefficient (Wildman–Crippen LogP) is 3.84. The predicted molar refractivity (Wildman–Crippen MR) is 120 cm³/mol. The molecule has 9 nitrogen and oxygen atoms in total. The van der Waals surface area contributed by atoms with Crippen molar-refractivity contribution in [2.75, 3.05) is 13.2 Å². The normalized spacial score (nSPS) is 12.6. The summed E-state index contributed by atoms with van der Waals surface area (Å²) < 4.78 is 11.0. The monoisotopic (exact) mass is 454 g/mol. The fourth-order valence-corrected chi connectivity index (χ4v) is 3.26. The first kappa shape index (κ1) is 23.6. The number of nitrogens with zero attached hydrogens (tertiary/aromatic N) is 2. The number of amides is 1. The van der Waals surface area contributed by atoms with E-state index in [1.54, 1.807) is 24.3 Å². The Bertz CT molecular complexity index is 1080. The van der Waals surface area contributed by atoms with E-state index in [9.17, 15) is 24.9 Å². The molecule has 2 aromatic carbocycles. The lowest BCUT2D eigenvalue weighted by atomic mass is 10.2. The van der Waals surface area contributed by atoms with Gasteiger partial charge in [0.1, 0.15) is 18.9 Å². The Morgan fingerprint density at radius 2 is 1.91 bits per heavy atom. The number of benzene rings is 2. The zero-order valence-electron chi connectivity index (χ0n) is 18.2. The van der Waals surface area contributed by atoms with Gasteiger partial charge < -0.3 is 24.8 Å². The highest BCUT2D eigenvalue weighted by Gasteiger charge is 2.19. The average molecular weight is 454 g/mol. The van der Waals surface area contributed by atoms with Crippen LogP contribution >= 0.6 is 0 Å². The van der Waals surface area contributed by atoms with Crippen LogP contribution in [-0.4, -0.2) is 51.6 Å². The maximum Gasteiger partial charge on any atom is 0.410 e. The molecule has 0 aliphatic carbocycles. The van der Waals surface area contributed by atoms with Gasteiger partial charge in [-0.05, 0) is 47.9 Å². The molecule has 0 saturated heterocycles. The molecule has 33 heavy (non-hydrogen) atoms. The molecular formula is C24H26N2O7. The fraction of sp³-hybridized carbons (Fsp3) is 0.292. The van der Waals surface area contributed by atoms with Crippen molar-refractivity contribution in [1.82, 2.24) is 4.90 Å². The van der Waals surface area contributed by atoms with Gasteiger partial charge in [0.15, 0.2) is 11.5 Å². The first-order valence-electron chi connectivity index (χ1n) is 10.4. The summed E-state index contributed by atoms with van der Waals surface area (Å²) in [5.41, 5.74) is 3.39. The Balaban J connectivity index is 1.59. The molecule has 2 aromatic rings. The number of rotatable bonds is 10. The van der Waals surface area contributed by atoms with E-state index in [-0.39, 0.29) is 24.7 Å². The smallest absolute Gasteiger partial charge is 0.410 e. The molecule has 0 aromatic heterocycles. The number of phenolic OH excluding ortho intramolecular Hbond substituents is 2. The molecule has 9 heteroatoms. The topological polar surface area (TPSA) is 129 Å². The van der Waals surface area contributed by atoms with Crippen LogP contribution in [0.15, 0.2) is 58.7 Å². The maximum absolute atomic E-state index is 12.5. The molecule has 1 aliphatic heterocycles. The second kappa shape index (κ2) is 11.0. The van der Waals surface area contributed by atoms with Crippen LogP contribution < -0.4 is 4.74 Å². The Morgan fingerprint density at radius 3 is 2.61 bits per heavy atom. The van der Waals surface area contributed by atoms with Crippen molar-refractivity contribution in [2.45, 2.75) is 32.9 Å². The van der Waals surface area contributed by atoms with E-state index < -0.39 is 18.6 Å². The maximum atomic E-state index is 12.5. The molecule has 0 atom stereocenters. The van der Waals surface area contributed by atoms with Crippen molar-refractivity contribution in [2.24, 2.45) is 4.99 Å². The third-order valence-corrected chi connectivity index (χ3v) is 5.00. The minimum absolute atomic E-state index is 0.0116. The number of allylic oxidation sites excluding steroid dienone is 1. The van der Waals surface area contributed by atoms with E-state index in [0.29, 0.717) is 29.9 Å². The summed E-state index contributed by atoms with van der Waals surface area (Å²) >= 11 is 0. The highest BCUT2D eigenvalue weighted by Crippen LogP contribution is 2.25. The Morgan fingerprint density at radius 1 is 1.09 bits per heavy atom. The third kappa shape index (κ3) is 6.99. The highest BCUT2D eigenvalue weighted by atomic mass is 16.6. The van der Waals surface area contributed by atoms with Gasteiger partial charge in [0, 0.05) is 31.3 Å². The van der Waals surface area contributed by atoms with Gasteiger partial charge in [0.25, 0.3) is 0 Å². The van der Waals surface area contributed by atoms with Gasteiger partial charge in [0.2, 0.25) is 0 Å². The quantitative estimate of drug-likeness (QED) is 0.465. The number of carboxylic acid groups (broad SMARTS) is 1. The molecule has 0 spiro atoms. The molecule has 0 bridgehead atoms. The number of ether oxygens (including phenoxy) is 2. The lowest BCUT2D eigenvalue weighted by Gasteiger charge is -2.21. The van der Waals surface area contributed by atoms with Gasteiger partial charge in [-0.2, -0.15) is 0 Å². The van der Waals surface area contributed by atoms with Crippen LogP contribution in [0, 0.1) is 0 Å². The molecule has 0 saturated carbocycles. The number of hydrogen-bond donors (Lipinski definition) is 3. The second-order valence-corrected chi connectivity index (χ2v) is 7.62.